The minimum Gasteiger partial charge on any atom is -0.496 e. The highest BCUT2D eigenvalue weighted by atomic mass is 35.5. The lowest BCUT2D eigenvalue weighted by Crippen LogP contribution is -2.66. The molecule has 2 fully saturated rings. The van der Waals surface area contributed by atoms with Crippen LogP contribution in [0.4, 0.5) is 13.6 Å². The van der Waals surface area contributed by atoms with E-state index in [2.05, 4.69) is 0 Å². The van der Waals surface area contributed by atoms with Gasteiger partial charge in [-0.2, -0.15) is 0 Å². The monoisotopic (exact) mass is 750 g/mol. The minimum atomic E-state index is -1.14. The summed E-state index contributed by atoms with van der Waals surface area (Å²) >= 11 is 5.91. The number of nitrogens with zero attached hydrogens (tertiary/aromatic N) is 2. The molecule has 3 aliphatic rings. The Morgan fingerprint density at radius 1 is 1.06 bits per heavy atom. The molecule has 3 aromatic carbocycles. The molecule has 1 saturated carbocycles. The van der Waals surface area contributed by atoms with Gasteiger partial charge in [-0.3, -0.25) is 9.69 Å². The third-order valence-corrected chi connectivity index (χ3v) is 10.9. The number of aliphatic hydroxyl groups excluding tert-OH is 1. The molecule has 2 aliphatic heterocycles. The van der Waals surface area contributed by atoms with Gasteiger partial charge < -0.3 is 24.2 Å². The van der Waals surface area contributed by atoms with Crippen molar-refractivity contribution in [3.63, 3.8) is 0 Å². The van der Waals surface area contributed by atoms with Gasteiger partial charge in [0.15, 0.2) is 11.6 Å². The summed E-state index contributed by atoms with van der Waals surface area (Å²) < 4.78 is 45.0. The van der Waals surface area contributed by atoms with E-state index in [-0.39, 0.29) is 41.8 Å². The number of methoxy groups -OCH3 is 1. The number of benzene rings is 3. The highest BCUT2D eigenvalue weighted by molar-refractivity contribution is 6.32. The SMILES string of the molecule is COc1cccc(CN(C(=O)C2=C(c3ccc(CCCOc4c(F)ccc(F)c4Cl)cc3)C[C@H]3CC(O)CC2(C)N3C(=O)OC(C)(C)C)C2CC2)c1C. The summed E-state index contributed by atoms with van der Waals surface area (Å²) in [5.41, 5.74) is 3.27. The standard InChI is InChI=1S/C42H49ClF2N2O6/c1-25-28(10-7-11-35(25)51-6)24-46(29-16-17-29)39(49)36-32(22-30-21-31(48)23-42(36,5)47(30)40(50)53-41(2,3)4)27-14-12-26(13-15-27)9-8-20-52-38-34(45)19-18-33(44)37(38)43/h7,10-15,18-19,29-31,48H,8-9,16-17,20-24H2,1-6H3/t30-,31?,42?/m1/s1. The van der Waals surface area contributed by atoms with Crippen molar-refractivity contribution in [2.24, 2.45) is 0 Å². The predicted octanol–water partition coefficient (Wildman–Crippen LogP) is 8.81. The van der Waals surface area contributed by atoms with Gasteiger partial charge >= 0.3 is 6.09 Å². The molecule has 2 heterocycles. The first-order chi connectivity index (χ1) is 25.1. The molecule has 284 valence electrons. The van der Waals surface area contributed by atoms with Crippen LogP contribution < -0.4 is 9.47 Å². The third kappa shape index (κ3) is 8.19. The van der Waals surface area contributed by atoms with E-state index in [4.69, 9.17) is 25.8 Å². The first kappa shape index (κ1) is 38.6. The Hall–Kier alpha value is -4.15. The van der Waals surface area contributed by atoms with E-state index >= 15 is 4.79 Å². The van der Waals surface area contributed by atoms with E-state index in [1.807, 2.05) is 82.0 Å². The average Bonchev–Trinajstić information content (AvgIpc) is 3.93. The number of carbonyl (C=O) groups excluding carboxylic acids is 2. The lowest BCUT2D eigenvalue weighted by atomic mass is 9.68. The van der Waals surface area contributed by atoms with E-state index < -0.39 is 35.0 Å². The van der Waals surface area contributed by atoms with E-state index in [0.717, 1.165) is 58.6 Å². The normalized spacial score (nSPS) is 21.4. The quantitative estimate of drug-likeness (QED) is 0.156. The predicted molar refractivity (Wildman–Crippen MR) is 200 cm³/mol. The Bertz CT molecular complexity index is 1890. The molecule has 1 aliphatic carbocycles. The fraction of sp³-hybridized carbons (Fsp3) is 0.476. The number of piperidine rings is 1. The Morgan fingerprint density at radius 3 is 2.42 bits per heavy atom. The topological polar surface area (TPSA) is 88.5 Å². The van der Waals surface area contributed by atoms with Crippen molar-refractivity contribution >= 4 is 29.2 Å². The summed E-state index contributed by atoms with van der Waals surface area (Å²) in [5, 5.41) is 10.8. The molecule has 53 heavy (non-hydrogen) atoms. The zero-order valence-corrected chi connectivity index (χ0v) is 32.1. The van der Waals surface area contributed by atoms with Crippen molar-refractivity contribution in [3.05, 3.63) is 99.1 Å². The molecule has 0 radical (unpaired) electrons. The number of aliphatic hydroxyl groups is 1. The van der Waals surface area contributed by atoms with Crippen LogP contribution in [-0.2, 0) is 22.5 Å². The number of rotatable bonds is 11. The smallest absolute Gasteiger partial charge is 0.411 e. The van der Waals surface area contributed by atoms with Gasteiger partial charge in [0.2, 0.25) is 0 Å². The van der Waals surface area contributed by atoms with Crippen LogP contribution in [0.3, 0.4) is 0 Å². The lowest BCUT2D eigenvalue weighted by molar-refractivity contribution is -0.131. The zero-order valence-electron chi connectivity index (χ0n) is 31.3. The largest absolute Gasteiger partial charge is 0.496 e. The van der Waals surface area contributed by atoms with Gasteiger partial charge in [-0.15, -0.1) is 0 Å². The molecule has 3 aromatic rings. The maximum Gasteiger partial charge on any atom is 0.411 e. The highest BCUT2D eigenvalue weighted by Crippen LogP contribution is 2.50. The summed E-state index contributed by atoms with van der Waals surface area (Å²) in [7, 11) is 1.63. The third-order valence-electron chi connectivity index (χ3n) is 10.5. The fourth-order valence-electron chi connectivity index (χ4n) is 7.90. The van der Waals surface area contributed by atoms with Gasteiger partial charge in [0, 0.05) is 30.6 Å². The second-order valence-electron chi connectivity index (χ2n) is 15.7. The van der Waals surface area contributed by atoms with Crippen LogP contribution in [0.15, 0.2) is 60.2 Å². The minimum absolute atomic E-state index is 0.0481. The Labute approximate surface area is 315 Å². The molecule has 2 unspecified atom stereocenters. The Kier molecular flexibility index (Phi) is 11.1. The average molecular weight is 751 g/mol. The number of carbonyl (C=O) groups is 2. The second-order valence-corrected chi connectivity index (χ2v) is 16.0. The summed E-state index contributed by atoms with van der Waals surface area (Å²) in [6, 6.07) is 15.4. The van der Waals surface area contributed by atoms with Crippen molar-refractivity contribution in [1.29, 1.82) is 0 Å². The van der Waals surface area contributed by atoms with Crippen LogP contribution >= 0.6 is 11.6 Å². The molecule has 3 atom stereocenters. The highest BCUT2D eigenvalue weighted by Gasteiger charge is 2.56. The van der Waals surface area contributed by atoms with Crippen LogP contribution in [0.25, 0.3) is 5.57 Å². The molecule has 8 nitrogen and oxygen atoms in total. The fourth-order valence-corrected chi connectivity index (χ4v) is 8.11. The lowest BCUT2D eigenvalue weighted by Gasteiger charge is -2.55. The summed E-state index contributed by atoms with van der Waals surface area (Å²) in [4.78, 5) is 32.9. The van der Waals surface area contributed by atoms with Crippen molar-refractivity contribution in [3.8, 4) is 11.5 Å². The van der Waals surface area contributed by atoms with Crippen LogP contribution in [0.2, 0.25) is 5.02 Å². The van der Waals surface area contributed by atoms with Crippen molar-refractivity contribution in [1.82, 2.24) is 9.80 Å². The Balaban J connectivity index is 1.34. The number of hydrogen-bond donors (Lipinski definition) is 1. The molecule has 2 amide bonds. The maximum absolute atomic E-state index is 15.2. The molecule has 0 spiro atoms. The molecule has 11 heteroatoms. The van der Waals surface area contributed by atoms with Gasteiger partial charge in [-0.05, 0) is 119 Å². The number of fused-ring (bicyclic) bond motifs is 2. The molecular weight excluding hydrogens is 702 g/mol. The molecule has 6 rings (SSSR count). The number of hydrogen-bond acceptors (Lipinski definition) is 6. The second kappa shape index (κ2) is 15.3. The number of ether oxygens (including phenoxy) is 3. The summed E-state index contributed by atoms with van der Waals surface area (Å²) in [6.45, 7) is 9.87. The van der Waals surface area contributed by atoms with E-state index in [1.54, 1.807) is 12.0 Å². The number of aryl methyl sites for hydroxylation is 1. The zero-order chi connectivity index (χ0) is 38.2. The van der Waals surface area contributed by atoms with Crippen molar-refractivity contribution < 1.29 is 37.7 Å². The number of amides is 2. The molecule has 1 N–H and O–H groups in total. The van der Waals surface area contributed by atoms with Gasteiger partial charge in [0.25, 0.3) is 5.91 Å². The van der Waals surface area contributed by atoms with Gasteiger partial charge in [-0.25, -0.2) is 13.6 Å². The molecular formula is C42H49ClF2N2O6. The van der Waals surface area contributed by atoms with Crippen LogP contribution in [0.5, 0.6) is 11.5 Å². The van der Waals surface area contributed by atoms with Crippen LogP contribution in [-0.4, -0.2) is 70.0 Å². The Morgan fingerprint density at radius 2 is 1.75 bits per heavy atom. The van der Waals surface area contributed by atoms with Crippen molar-refractivity contribution in [2.75, 3.05) is 13.7 Å². The molecule has 2 bridgehead atoms. The first-order valence-electron chi connectivity index (χ1n) is 18.3. The summed E-state index contributed by atoms with van der Waals surface area (Å²) in [6.07, 6.45) is 2.62. The maximum atomic E-state index is 15.2. The van der Waals surface area contributed by atoms with Crippen LogP contribution in [0.1, 0.15) is 88.5 Å². The first-order valence-corrected chi connectivity index (χ1v) is 18.7. The summed E-state index contributed by atoms with van der Waals surface area (Å²) in [5.74, 6) is -1.17. The van der Waals surface area contributed by atoms with Crippen molar-refractivity contribution in [2.45, 2.75) is 115 Å². The van der Waals surface area contributed by atoms with Crippen LogP contribution in [0, 0.1) is 18.6 Å². The van der Waals surface area contributed by atoms with Gasteiger partial charge in [0.1, 0.15) is 22.2 Å². The van der Waals surface area contributed by atoms with Gasteiger partial charge in [-0.1, -0.05) is 48.0 Å². The number of halogens is 3. The van der Waals surface area contributed by atoms with E-state index in [1.165, 1.54) is 0 Å². The van der Waals surface area contributed by atoms with E-state index in [0.29, 0.717) is 37.8 Å². The van der Waals surface area contributed by atoms with Gasteiger partial charge in [0.05, 0.1) is 25.4 Å². The molecule has 1 saturated heterocycles. The van der Waals surface area contributed by atoms with E-state index in [9.17, 15) is 18.7 Å². The molecule has 0 aromatic heterocycles.